The smallest absolute Gasteiger partial charge is 0.254 e. The molecule has 142 valence electrons. The van der Waals surface area contributed by atoms with Crippen LogP contribution >= 0.6 is 0 Å². The first-order valence-electron chi connectivity index (χ1n) is 9.10. The highest BCUT2D eigenvalue weighted by Crippen LogP contribution is 2.23. The second-order valence-corrected chi connectivity index (χ2v) is 6.83. The van der Waals surface area contributed by atoms with Crippen molar-refractivity contribution in [1.82, 2.24) is 14.8 Å². The van der Waals surface area contributed by atoms with E-state index in [1.807, 2.05) is 30.9 Å². The van der Waals surface area contributed by atoms with Gasteiger partial charge in [0.05, 0.1) is 13.5 Å². The molecule has 2 amide bonds. The molecule has 0 unspecified atom stereocenters. The standard InChI is InChI=1S/C21H25N3O3/c1-15-13-19(27-3)16(2)12-18(15)14-20(25)23-8-10-24(11-9-23)21(26)17-4-6-22-7-5-17/h4-7,12-13H,8-11,14H2,1-3H3. The zero-order valence-corrected chi connectivity index (χ0v) is 16.1. The number of ether oxygens (including phenoxy) is 1. The highest BCUT2D eigenvalue weighted by atomic mass is 16.5. The number of hydrogen-bond donors (Lipinski definition) is 0. The Labute approximate surface area is 159 Å². The lowest BCUT2D eigenvalue weighted by molar-refractivity contribution is -0.131. The monoisotopic (exact) mass is 367 g/mol. The van der Waals surface area contributed by atoms with E-state index in [4.69, 9.17) is 4.74 Å². The van der Waals surface area contributed by atoms with Crippen LogP contribution in [0.2, 0.25) is 0 Å². The molecule has 1 saturated heterocycles. The summed E-state index contributed by atoms with van der Waals surface area (Å²) in [5, 5.41) is 0. The van der Waals surface area contributed by atoms with Crippen LogP contribution in [0.25, 0.3) is 0 Å². The second-order valence-electron chi connectivity index (χ2n) is 6.83. The van der Waals surface area contributed by atoms with Crippen LogP contribution in [-0.4, -0.2) is 59.9 Å². The quantitative estimate of drug-likeness (QED) is 0.831. The van der Waals surface area contributed by atoms with Gasteiger partial charge in [0.2, 0.25) is 5.91 Å². The third kappa shape index (κ3) is 4.27. The molecule has 0 N–H and O–H groups in total. The lowest BCUT2D eigenvalue weighted by atomic mass is 10.0. The van der Waals surface area contributed by atoms with Gasteiger partial charge in [-0.05, 0) is 48.7 Å². The second kappa shape index (κ2) is 8.20. The summed E-state index contributed by atoms with van der Waals surface area (Å²) in [6.07, 6.45) is 3.60. The molecule has 6 nitrogen and oxygen atoms in total. The number of methoxy groups -OCH3 is 1. The third-order valence-electron chi connectivity index (χ3n) is 5.04. The van der Waals surface area contributed by atoms with E-state index in [2.05, 4.69) is 4.98 Å². The van der Waals surface area contributed by atoms with E-state index >= 15 is 0 Å². The highest BCUT2D eigenvalue weighted by Gasteiger charge is 2.25. The first kappa shape index (κ1) is 18.9. The lowest BCUT2D eigenvalue weighted by Crippen LogP contribution is -2.51. The topological polar surface area (TPSA) is 62.7 Å². The van der Waals surface area contributed by atoms with E-state index in [1.165, 1.54) is 0 Å². The number of benzene rings is 1. The maximum absolute atomic E-state index is 12.7. The molecule has 1 aliphatic heterocycles. The van der Waals surface area contributed by atoms with Crippen molar-refractivity contribution >= 4 is 11.8 Å². The Balaban J connectivity index is 1.59. The molecule has 2 aromatic rings. The summed E-state index contributed by atoms with van der Waals surface area (Å²) in [4.78, 5) is 32.8. The zero-order chi connectivity index (χ0) is 19.4. The van der Waals surface area contributed by atoms with E-state index in [9.17, 15) is 9.59 Å². The minimum atomic E-state index is -0.00822. The van der Waals surface area contributed by atoms with Crippen LogP contribution in [0.3, 0.4) is 0 Å². The van der Waals surface area contributed by atoms with Gasteiger partial charge in [0, 0.05) is 44.1 Å². The minimum Gasteiger partial charge on any atom is -0.496 e. The number of amides is 2. The van der Waals surface area contributed by atoms with E-state index in [1.54, 1.807) is 36.5 Å². The van der Waals surface area contributed by atoms with Crippen molar-refractivity contribution in [3.63, 3.8) is 0 Å². The fourth-order valence-corrected chi connectivity index (χ4v) is 3.37. The number of aromatic nitrogens is 1. The fraction of sp³-hybridized carbons (Fsp3) is 0.381. The summed E-state index contributed by atoms with van der Waals surface area (Å²) in [6, 6.07) is 7.43. The maximum Gasteiger partial charge on any atom is 0.254 e. The summed E-state index contributed by atoms with van der Waals surface area (Å²) in [7, 11) is 1.65. The number of piperazine rings is 1. The van der Waals surface area contributed by atoms with E-state index < -0.39 is 0 Å². The number of aryl methyl sites for hydroxylation is 2. The van der Waals surface area contributed by atoms with Gasteiger partial charge in [-0.25, -0.2) is 0 Å². The van der Waals surface area contributed by atoms with Gasteiger partial charge in [-0.2, -0.15) is 0 Å². The van der Waals surface area contributed by atoms with Crippen molar-refractivity contribution < 1.29 is 14.3 Å². The molecule has 0 atom stereocenters. The molecule has 0 saturated carbocycles. The predicted molar refractivity (Wildman–Crippen MR) is 103 cm³/mol. The van der Waals surface area contributed by atoms with Crippen molar-refractivity contribution in [3.05, 3.63) is 58.9 Å². The molecular formula is C21H25N3O3. The van der Waals surface area contributed by atoms with E-state index in [0.29, 0.717) is 38.2 Å². The van der Waals surface area contributed by atoms with E-state index in [0.717, 1.165) is 22.4 Å². The molecular weight excluding hydrogens is 342 g/mol. The molecule has 1 fully saturated rings. The summed E-state index contributed by atoms with van der Waals surface area (Å²) in [6.45, 7) is 6.19. The Morgan fingerprint density at radius 2 is 1.63 bits per heavy atom. The first-order chi connectivity index (χ1) is 13.0. The first-order valence-corrected chi connectivity index (χ1v) is 9.10. The third-order valence-corrected chi connectivity index (χ3v) is 5.04. The fourth-order valence-electron chi connectivity index (χ4n) is 3.37. The van der Waals surface area contributed by atoms with Crippen molar-refractivity contribution in [2.45, 2.75) is 20.3 Å². The summed E-state index contributed by atoms with van der Waals surface area (Å²) >= 11 is 0. The van der Waals surface area contributed by atoms with Crippen LogP contribution in [0.15, 0.2) is 36.7 Å². The summed E-state index contributed by atoms with van der Waals surface area (Å²) in [5.74, 6) is 0.928. The predicted octanol–water partition coefficient (Wildman–Crippen LogP) is 2.23. The molecule has 0 bridgehead atoms. The Bertz CT molecular complexity index is 828. The van der Waals surface area contributed by atoms with Crippen LogP contribution in [0, 0.1) is 13.8 Å². The number of rotatable bonds is 4. The van der Waals surface area contributed by atoms with Crippen molar-refractivity contribution in [3.8, 4) is 5.75 Å². The Hall–Kier alpha value is -2.89. The minimum absolute atomic E-state index is 0.00822. The SMILES string of the molecule is COc1cc(C)c(CC(=O)N2CCN(C(=O)c3ccncc3)CC2)cc1C. The molecule has 0 spiro atoms. The molecule has 2 heterocycles. The average molecular weight is 367 g/mol. The van der Waals surface area contributed by atoms with Gasteiger partial charge in [-0.15, -0.1) is 0 Å². The molecule has 6 heteroatoms. The number of carbonyl (C=O) groups excluding carboxylic acids is 2. The number of carbonyl (C=O) groups is 2. The van der Waals surface area contributed by atoms with Crippen LogP contribution < -0.4 is 4.74 Å². The van der Waals surface area contributed by atoms with Crippen LogP contribution in [0.5, 0.6) is 5.75 Å². The largest absolute Gasteiger partial charge is 0.496 e. The van der Waals surface area contributed by atoms with Crippen LogP contribution in [0.4, 0.5) is 0 Å². The lowest BCUT2D eigenvalue weighted by Gasteiger charge is -2.35. The number of hydrogen-bond acceptors (Lipinski definition) is 4. The molecule has 1 aromatic carbocycles. The van der Waals surface area contributed by atoms with Gasteiger partial charge in [0.1, 0.15) is 5.75 Å². The normalized spacial score (nSPS) is 14.2. The van der Waals surface area contributed by atoms with Gasteiger partial charge >= 0.3 is 0 Å². The molecule has 1 aromatic heterocycles. The summed E-state index contributed by atoms with van der Waals surface area (Å²) in [5.41, 5.74) is 3.73. The van der Waals surface area contributed by atoms with Crippen molar-refractivity contribution in [1.29, 1.82) is 0 Å². The van der Waals surface area contributed by atoms with Gasteiger partial charge in [-0.1, -0.05) is 6.07 Å². The van der Waals surface area contributed by atoms with Gasteiger partial charge in [0.15, 0.2) is 0 Å². The van der Waals surface area contributed by atoms with Crippen LogP contribution in [0.1, 0.15) is 27.0 Å². The Kier molecular flexibility index (Phi) is 5.74. The van der Waals surface area contributed by atoms with Crippen molar-refractivity contribution in [2.24, 2.45) is 0 Å². The molecule has 27 heavy (non-hydrogen) atoms. The van der Waals surface area contributed by atoms with Crippen molar-refractivity contribution in [2.75, 3.05) is 33.3 Å². The number of nitrogens with zero attached hydrogens (tertiary/aromatic N) is 3. The van der Waals surface area contributed by atoms with E-state index in [-0.39, 0.29) is 11.8 Å². The van der Waals surface area contributed by atoms with Gasteiger partial charge in [0.25, 0.3) is 5.91 Å². The van der Waals surface area contributed by atoms with Crippen LogP contribution in [-0.2, 0) is 11.2 Å². The summed E-state index contributed by atoms with van der Waals surface area (Å²) < 4.78 is 5.34. The molecule has 1 aliphatic rings. The Morgan fingerprint density at radius 1 is 1.00 bits per heavy atom. The maximum atomic E-state index is 12.7. The highest BCUT2D eigenvalue weighted by molar-refractivity contribution is 5.94. The molecule has 3 rings (SSSR count). The zero-order valence-electron chi connectivity index (χ0n) is 16.1. The average Bonchev–Trinajstić information content (AvgIpc) is 2.70. The number of pyridine rings is 1. The molecule has 0 radical (unpaired) electrons. The molecule has 0 aliphatic carbocycles. The van der Waals surface area contributed by atoms with Gasteiger partial charge in [-0.3, -0.25) is 14.6 Å². The van der Waals surface area contributed by atoms with Gasteiger partial charge < -0.3 is 14.5 Å². The Morgan fingerprint density at radius 3 is 2.26 bits per heavy atom.